The van der Waals surface area contributed by atoms with Crippen LogP contribution in [0.1, 0.15) is 23.2 Å². The molecule has 3 aromatic heterocycles. The quantitative estimate of drug-likeness (QED) is 0.711. The summed E-state index contributed by atoms with van der Waals surface area (Å²) in [6.07, 6.45) is 6.44. The lowest BCUT2D eigenvalue weighted by Gasteiger charge is -2.26. The van der Waals surface area contributed by atoms with Gasteiger partial charge in [0.15, 0.2) is 0 Å². The Morgan fingerprint density at radius 1 is 1.11 bits per heavy atom. The molecule has 0 spiro atoms. The van der Waals surface area contributed by atoms with Crippen molar-refractivity contribution in [2.24, 2.45) is 0 Å². The van der Waals surface area contributed by atoms with Crippen molar-refractivity contribution in [1.29, 1.82) is 5.41 Å². The minimum absolute atomic E-state index is 0.523. The van der Waals surface area contributed by atoms with Gasteiger partial charge in [-0.1, -0.05) is 0 Å². The lowest BCUT2D eigenvalue weighted by atomic mass is 10.2. The first-order chi connectivity index (χ1) is 13.6. The Hall–Kier alpha value is -2.51. The van der Waals surface area contributed by atoms with Gasteiger partial charge in [0.25, 0.3) is 0 Å². The van der Waals surface area contributed by atoms with E-state index in [1.165, 1.54) is 5.69 Å². The van der Waals surface area contributed by atoms with Crippen LogP contribution in [0.15, 0.2) is 30.9 Å². The Morgan fingerprint density at radius 2 is 1.86 bits per heavy atom. The monoisotopic (exact) mass is 380 g/mol. The number of hydrogen-bond donors (Lipinski definition) is 1. The van der Waals surface area contributed by atoms with E-state index in [4.69, 9.17) is 15.1 Å². The zero-order valence-electron chi connectivity index (χ0n) is 16.7. The maximum Gasteiger partial charge on any atom is 0.145 e. The van der Waals surface area contributed by atoms with Crippen molar-refractivity contribution in [1.82, 2.24) is 24.0 Å². The molecule has 1 aliphatic heterocycles. The maximum atomic E-state index is 8.75. The molecular weight excluding hydrogens is 352 g/mol. The summed E-state index contributed by atoms with van der Waals surface area (Å²) >= 11 is 0. The van der Waals surface area contributed by atoms with Crippen LogP contribution in [0, 0.1) is 19.3 Å². The van der Waals surface area contributed by atoms with Crippen molar-refractivity contribution >= 4 is 11.0 Å². The molecule has 1 fully saturated rings. The largest absolute Gasteiger partial charge is 0.379 e. The highest BCUT2D eigenvalue weighted by Gasteiger charge is 2.16. The van der Waals surface area contributed by atoms with Gasteiger partial charge < -0.3 is 13.9 Å². The molecule has 0 bridgehead atoms. The fraction of sp³-hybridized carbons (Fsp3) is 0.476. The number of morpholine rings is 1. The van der Waals surface area contributed by atoms with Crippen molar-refractivity contribution < 1.29 is 4.74 Å². The molecule has 0 aromatic carbocycles. The number of pyridine rings is 1. The van der Waals surface area contributed by atoms with E-state index in [0.717, 1.165) is 68.0 Å². The Morgan fingerprint density at radius 3 is 2.61 bits per heavy atom. The second kappa shape index (κ2) is 8.24. The van der Waals surface area contributed by atoms with Crippen molar-refractivity contribution in [3.63, 3.8) is 0 Å². The van der Waals surface area contributed by atoms with Crippen molar-refractivity contribution in [2.75, 3.05) is 32.8 Å². The Balaban J connectivity index is 1.57. The summed E-state index contributed by atoms with van der Waals surface area (Å²) in [5, 5.41) is 9.71. The lowest BCUT2D eigenvalue weighted by molar-refractivity contribution is 0.0369. The SMILES string of the molecule is Cc1c(C)n(CCCN2CCOCC2)c2ncn(Cc3ccncc3)c(=N)c12. The predicted octanol–water partition coefficient (Wildman–Crippen LogP) is 2.10. The molecule has 0 aliphatic carbocycles. The van der Waals surface area contributed by atoms with Crippen LogP contribution < -0.4 is 5.49 Å². The van der Waals surface area contributed by atoms with Crippen LogP contribution in [-0.2, 0) is 17.8 Å². The van der Waals surface area contributed by atoms with Gasteiger partial charge in [-0.05, 0) is 43.5 Å². The Labute approximate surface area is 165 Å². The summed E-state index contributed by atoms with van der Waals surface area (Å²) in [6, 6.07) is 3.96. The molecule has 0 atom stereocenters. The molecule has 7 nitrogen and oxygen atoms in total. The maximum absolute atomic E-state index is 8.75. The van der Waals surface area contributed by atoms with Crippen LogP contribution >= 0.6 is 0 Å². The van der Waals surface area contributed by atoms with Crippen LogP contribution in [0.3, 0.4) is 0 Å². The molecule has 1 saturated heterocycles. The van der Waals surface area contributed by atoms with Crippen LogP contribution in [0.2, 0.25) is 0 Å². The molecule has 4 heterocycles. The first-order valence-corrected chi connectivity index (χ1v) is 9.93. The van der Waals surface area contributed by atoms with Gasteiger partial charge in [-0.3, -0.25) is 15.3 Å². The zero-order valence-corrected chi connectivity index (χ0v) is 16.7. The third-order valence-corrected chi connectivity index (χ3v) is 5.71. The van der Waals surface area contributed by atoms with Gasteiger partial charge in [0.05, 0.1) is 31.5 Å². The molecule has 4 rings (SSSR count). The number of ether oxygens (including phenoxy) is 1. The number of nitrogens with one attached hydrogen (secondary N) is 1. The topological polar surface area (TPSA) is 72.0 Å². The average Bonchev–Trinajstić information content (AvgIpc) is 2.97. The number of aromatic nitrogens is 4. The van der Waals surface area contributed by atoms with E-state index in [1.54, 1.807) is 18.7 Å². The second-order valence-electron chi connectivity index (χ2n) is 7.44. The summed E-state index contributed by atoms with van der Waals surface area (Å²) in [4.78, 5) is 11.3. The summed E-state index contributed by atoms with van der Waals surface area (Å²) in [7, 11) is 0. The van der Waals surface area contributed by atoms with Crippen molar-refractivity contribution in [3.8, 4) is 0 Å². The number of hydrogen-bond acceptors (Lipinski definition) is 5. The summed E-state index contributed by atoms with van der Waals surface area (Å²) in [5.74, 6) is 0. The molecule has 0 saturated carbocycles. The van der Waals surface area contributed by atoms with Crippen LogP contribution in [0.4, 0.5) is 0 Å². The van der Waals surface area contributed by atoms with Crippen LogP contribution in [0.25, 0.3) is 11.0 Å². The first kappa shape index (κ1) is 18.8. The molecule has 148 valence electrons. The summed E-state index contributed by atoms with van der Waals surface area (Å²) < 4.78 is 9.61. The second-order valence-corrected chi connectivity index (χ2v) is 7.44. The van der Waals surface area contributed by atoms with Gasteiger partial charge in [-0.25, -0.2) is 4.98 Å². The third-order valence-electron chi connectivity index (χ3n) is 5.71. The van der Waals surface area contributed by atoms with Gasteiger partial charge in [-0.15, -0.1) is 0 Å². The fourth-order valence-electron chi connectivity index (χ4n) is 3.94. The molecule has 1 aliphatic rings. The van der Waals surface area contributed by atoms with E-state index in [0.29, 0.717) is 12.0 Å². The van der Waals surface area contributed by atoms with Crippen LogP contribution in [-0.4, -0.2) is 56.9 Å². The average molecular weight is 380 g/mol. The highest BCUT2D eigenvalue weighted by molar-refractivity contribution is 5.80. The fourth-order valence-corrected chi connectivity index (χ4v) is 3.94. The smallest absolute Gasteiger partial charge is 0.145 e. The third kappa shape index (κ3) is 3.72. The lowest BCUT2D eigenvalue weighted by Crippen LogP contribution is -2.37. The van der Waals surface area contributed by atoms with E-state index in [1.807, 2.05) is 16.7 Å². The highest BCUT2D eigenvalue weighted by atomic mass is 16.5. The van der Waals surface area contributed by atoms with E-state index in [2.05, 4.69) is 28.3 Å². The standard InChI is InChI=1S/C21H28N6O/c1-16-17(2)27(9-3-8-25-10-12-28-13-11-25)21-19(16)20(22)26(15-24-21)14-18-4-6-23-7-5-18/h4-7,15,22H,3,8-14H2,1-2H3. The van der Waals surface area contributed by atoms with E-state index >= 15 is 0 Å². The molecule has 0 amide bonds. The molecule has 3 aromatic rings. The molecule has 28 heavy (non-hydrogen) atoms. The predicted molar refractivity (Wildman–Crippen MR) is 108 cm³/mol. The van der Waals surface area contributed by atoms with E-state index in [9.17, 15) is 0 Å². The minimum atomic E-state index is 0.523. The molecule has 1 N–H and O–H groups in total. The summed E-state index contributed by atoms with van der Waals surface area (Å²) in [5.41, 5.74) is 4.93. The Kier molecular flexibility index (Phi) is 5.54. The van der Waals surface area contributed by atoms with Gasteiger partial charge in [-0.2, -0.15) is 0 Å². The van der Waals surface area contributed by atoms with Gasteiger partial charge in [0.2, 0.25) is 0 Å². The number of aryl methyl sites for hydroxylation is 2. The van der Waals surface area contributed by atoms with E-state index in [-0.39, 0.29) is 0 Å². The van der Waals surface area contributed by atoms with Crippen molar-refractivity contribution in [3.05, 3.63) is 53.2 Å². The molecule has 7 heteroatoms. The minimum Gasteiger partial charge on any atom is -0.379 e. The van der Waals surface area contributed by atoms with Gasteiger partial charge in [0.1, 0.15) is 11.1 Å². The summed E-state index contributed by atoms with van der Waals surface area (Å²) in [6.45, 7) is 10.6. The van der Waals surface area contributed by atoms with Crippen LogP contribution in [0.5, 0.6) is 0 Å². The Bertz CT molecular complexity index is 1000. The molecule has 0 unspecified atom stereocenters. The number of fused-ring (bicyclic) bond motifs is 1. The first-order valence-electron chi connectivity index (χ1n) is 9.93. The molecular formula is C21H28N6O. The zero-order chi connectivity index (χ0) is 19.5. The molecule has 0 radical (unpaired) electrons. The normalized spacial score (nSPS) is 15.4. The van der Waals surface area contributed by atoms with Gasteiger partial charge in [0, 0.05) is 44.3 Å². The van der Waals surface area contributed by atoms with E-state index < -0.39 is 0 Å². The highest BCUT2D eigenvalue weighted by Crippen LogP contribution is 2.21. The van der Waals surface area contributed by atoms with Crippen molar-refractivity contribution in [2.45, 2.75) is 33.4 Å². The number of rotatable bonds is 6. The van der Waals surface area contributed by atoms with Gasteiger partial charge >= 0.3 is 0 Å². The number of nitrogens with zero attached hydrogens (tertiary/aromatic N) is 5.